The molecule has 0 radical (unpaired) electrons. The molecule has 0 saturated carbocycles. The van der Waals surface area contributed by atoms with Gasteiger partial charge in [-0.25, -0.2) is 8.42 Å². The van der Waals surface area contributed by atoms with Gasteiger partial charge in [-0.15, -0.1) is 10.2 Å². The van der Waals surface area contributed by atoms with Crippen molar-refractivity contribution in [3.8, 4) is 5.88 Å². The lowest BCUT2D eigenvalue weighted by atomic mass is 10.2. The highest BCUT2D eigenvalue weighted by Crippen LogP contribution is 2.36. The maximum absolute atomic E-state index is 12.3. The number of H-pyrrole nitrogens is 1. The molecule has 2 aromatic carbocycles. The van der Waals surface area contributed by atoms with Crippen LogP contribution >= 0.6 is 31.9 Å². The summed E-state index contributed by atoms with van der Waals surface area (Å²) in [6, 6.07) is 11.8. The van der Waals surface area contributed by atoms with Gasteiger partial charge in [0.25, 0.3) is 5.91 Å². The highest BCUT2D eigenvalue weighted by molar-refractivity contribution is 9.10. The summed E-state index contributed by atoms with van der Waals surface area (Å²) in [4.78, 5) is 15.0. The lowest BCUT2D eigenvalue weighted by Gasteiger charge is -2.20. The Morgan fingerprint density at radius 1 is 1.18 bits per heavy atom. The Kier molecular flexibility index (Phi) is 5.87. The van der Waals surface area contributed by atoms with E-state index in [1.807, 2.05) is 0 Å². The van der Waals surface area contributed by atoms with Crippen LogP contribution in [0.2, 0.25) is 0 Å². The van der Waals surface area contributed by atoms with Gasteiger partial charge in [0.1, 0.15) is 6.54 Å². The number of benzene rings is 2. The second-order valence-electron chi connectivity index (χ2n) is 5.86. The van der Waals surface area contributed by atoms with Crippen molar-refractivity contribution >= 4 is 70.1 Å². The third-order valence-corrected chi connectivity index (χ3v) is 5.88. The number of carbonyl (C=O) groups is 1. The van der Waals surface area contributed by atoms with E-state index in [9.17, 15) is 18.3 Å². The molecule has 0 saturated heterocycles. The fourth-order valence-corrected chi connectivity index (χ4v) is 4.12. The quantitative estimate of drug-likeness (QED) is 0.474. The number of halogens is 2. The normalized spacial score (nSPS) is 12.0. The van der Waals surface area contributed by atoms with Gasteiger partial charge in [-0.2, -0.15) is 0 Å². The van der Waals surface area contributed by atoms with Gasteiger partial charge >= 0.3 is 0 Å². The van der Waals surface area contributed by atoms with E-state index in [1.54, 1.807) is 42.5 Å². The largest absolute Gasteiger partial charge is 0.493 e. The molecule has 11 heteroatoms. The minimum Gasteiger partial charge on any atom is -0.493 e. The fourth-order valence-electron chi connectivity index (χ4n) is 2.53. The van der Waals surface area contributed by atoms with E-state index < -0.39 is 22.5 Å². The molecule has 0 aliphatic heterocycles. The zero-order chi connectivity index (χ0) is 20.5. The van der Waals surface area contributed by atoms with Gasteiger partial charge in [0.2, 0.25) is 15.9 Å². The van der Waals surface area contributed by atoms with Crippen LogP contribution < -0.4 is 4.31 Å². The summed E-state index contributed by atoms with van der Waals surface area (Å²) in [6.07, 6.45) is 1.00. The van der Waals surface area contributed by atoms with Crippen molar-refractivity contribution in [3.05, 3.63) is 51.4 Å². The van der Waals surface area contributed by atoms with Gasteiger partial charge in [0.15, 0.2) is 5.69 Å². The van der Waals surface area contributed by atoms with Crippen LogP contribution in [-0.2, 0) is 14.8 Å². The van der Waals surface area contributed by atoms with Crippen molar-refractivity contribution in [2.75, 3.05) is 17.1 Å². The number of fused-ring (bicyclic) bond motifs is 1. The fraction of sp³-hybridized carbons (Fsp3) is 0.118. The van der Waals surface area contributed by atoms with Gasteiger partial charge < -0.3 is 10.1 Å². The van der Waals surface area contributed by atoms with E-state index in [0.29, 0.717) is 21.1 Å². The molecule has 8 nitrogen and oxygen atoms in total. The second kappa shape index (κ2) is 8.02. The van der Waals surface area contributed by atoms with Crippen LogP contribution in [0.1, 0.15) is 0 Å². The molecule has 0 unspecified atom stereocenters. The molecule has 3 aromatic rings. The number of nitrogens with zero attached hydrogens (tertiary/aromatic N) is 3. The number of aromatic amines is 1. The van der Waals surface area contributed by atoms with Crippen LogP contribution in [0, 0.1) is 0 Å². The lowest BCUT2D eigenvalue weighted by Crippen LogP contribution is -2.34. The van der Waals surface area contributed by atoms with E-state index in [1.165, 1.54) is 0 Å². The minimum atomic E-state index is -3.72. The van der Waals surface area contributed by atoms with Crippen molar-refractivity contribution in [2.24, 2.45) is 10.2 Å². The molecular weight excluding hydrogens is 516 g/mol. The van der Waals surface area contributed by atoms with Crippen molar-refractivity contribution < 1.29 is 18.3 Å². The lowest BCUT2D eigenvalue weighted by molar-refractivity contribution is -0.116. The number of hydrogen-bond acceptors (Lipinski definition) is 5. The molecule has 1 amide bonds. The zero-order valence-electron chi connectivity index (χ0n) is 14.4. The summed E-state index contributed by atoms with van der Waals surface area (Å²) < 4.78 is 26.6. The number of azo groups is 1. The second-order valence-corrected chi connectivity index (χ2v) is 9.59. The van der Waals surface area contributed by atoms with E-state index in [0.717, 1.165) is 15.0 Å². The molecule has 0 fully saturated rings. The molecule has 2 N–H and O–H groups in total. The zero-order valence-corrected chi connectivity index (χ0v) is 18.4. The van der Waals surface area contributed by atoms with E-state index in [-0.39, 0.29) is 11.6 Å². The molecular formula is C17H14Br2N4O4S. The summed E-state index contributed by atoms with van der Waals surface area (Å²) in [5.74, 6) is -1.02. The molecule has 1 aromatic heterocycles. The number of anilines is 1. The first kappa shape index (κ1) is 20.5. The number of nitrogens with one attached hydrogen (secondary N) is 1. The number of hydrogen-bond donors (Lipinski definition) is 2. The Morgan fingerprint density at radius 2 is 1.89 bits per heavy atom. The number of aromatic hydroxyl groups is 1. The molecule has 1 heterocycles. The average Bonchev–Trinajstić information content (AvgIpc) is 2.91. The summed E-state index contributed by atoms with van der Waals surface area (Å²) in [6.45, 7) is -0.522. The Hall–Kier alpha value is -2.24. The Balaban J connectivity index is 1.88. The van der Waals surface area contributed by atoms with Gasteiger partial charge in [0.05, 0.1) is 17.5 Å². The SMILES string of the molecule is CS(=O)(=O)N(CC(=O)N=Nc1c(O)[nH]c2ccc(Br)cc12)c1cccc(Br)c1. The molecule has 28 heavy (non-hydrogen) atoms. The third kappa shape index (κ3) is 4.59. The molecule has 0 aliphatic carbocycles. The average molecular weight is 530 g/mol. The van der Waals surface area contributed by atoms with Crippen LogP contribution in [0.4, 0.5) is 11.4 Å². The maximum Gasteiger partial charge on any atom is 0.285 e. The molecule has 0 bridgehead atoms. The van der Waals surface area contributed by atoms with Gasteiger partial charge in [0, 0.05) is 14.3 Å². The summed E-state index contributed by atoms with van der Waals surface area (Å²) >= 11 is 6.60. The van der Waals surface area contributed by atoms with E-state index >= 15 is 0 Å². The van der Waals surface area contributed by atoms with Crippen LogP contribution in [0.3, 0.4) is 0 Å². The van der Waals surface area contributed by atoms with Crippen LogP contribution in [0.15, 0.2) is 61.6 Å². The van der Waals surface area contributed by atoms with Crippen LogP contribution in [0.5, 0.6) is 5.88 Å². The van der Waals surface area contributed by atoms with Gasteiger partial charge in [-0.3, -0.25) is 9.10 Å². The number of sulfonamides is 1. The monoisotopic (exact) mass is 528 g/mol. The number of amides is 1. The smallest absolute Gasteiger partial charge is 0.285 e. The molecule has 0 aliphatic rings. The summed E-state index contributed by atoms with van der Waals surface area (Å²) in [5, 5.41) is 18.0. The topological polar surface area (TPSA) is 115 Å². The highest BCUT2D eigenvalue weighted by Gasteiger charge is 2.21. The first-order valence-corrected chi connectivity index (χ1v) is 11.3. The predicted molar refractivity (Wildman–Crippen MR) is 114 cm³/mol. The molecule has 0 spiro atoms. The van der Waals surface area contributed by atoms with E-state index in [4.69, 9.17) is 0 Å². The van der Waals surface area contributed by atoms with E-state index in [2.05, 4.69) is 47.1 Å². The van der Waals surface area contributed by atoms with Crippen LogP contribution in [-0.4, -0.2) is 37.2 Å². The number of rotatable bonds is 5. The maximum atomic E-state index is 12.3. The first-order valence-electron chi connectivity index (χ1n) is 7.83. The Bertz CT molecular complexity index is 1190. The first-order chi connectivity index (χ1) is 13.1. The highest BCUT2D eigenvalue weighted by atomic mass is 79.9. The molecule has 0 atom stereocenters. The van der Waals surface area contributed by atoms with Crippen LogP contribution in [0.25, 0.3) is 10.9 Å². The van der Waals surface area contributed by atoms with Gasteiger partial charge in [-0.1, -0.05) is 37.9 Å². The Labute approximate surface area is 177 Å². The number of carbonyl (C=O) groups excluding carboxylic acids is 1. The van der Waals surface area contributed by atoms with Crippen molar-refractivity contribution in [3.63, 3.8) is 0 Å². The third-order valence-electron chi connectivity index (χ3n) is 3.75. The molecule has 146 valence electrons. The van der Waals surface area contributed by atoms with Crippen molar-refractivity contribution in [1.29, 1.82) is 0 Å². The predicted octanol–water partition coefficient (Wildman–Crippen LogP) is 4.48. The minimum absolute atomic E-state index is 0.0954. The summed E-state index contributed by atoms with van der Waals surface area (Å²) in [7, 11) is -3.72. The number of aromatic nitrogens is 1. The van der Waals surface area contributed by atoms with Gasteiger partial charge in [-0.05, 0) is 36.4 Å². The van der Waals surface area contributed by atoms with Crippen molar-refractivity contribution in [2.45, 2.75) is 0 Å². The van der Waals surface area contributed by atoms with Crippen molar-refractivity contribution in [1.82, 2.24) is 4.98 Å². The molecule has 3 rings (SSSR count). The Morgan fingerprint density at radius 3 is 2.57 bits per heavy atom. The summed E-state index contributed by atoms with van der Waals surface area (Å²) in [5.41, 5.74) is 1.03. The standard InChI is InChI=1S/C17H14Br2N4O4S/c1-28(26,27)23(12-4-2-3-10(18)7-12)9-15(24)21-22-16-13-8-11(19)5-6-14(13)20-17(16)25/h2-8,20,25H,9H2,1H3.